The molecule has 0 fully saturated rings. The van der Waals surface area contributed by atoms with Gasteiger partial charge in [0.2, 0.25) is 0 Å². The minimum atomic E-state index is -4.97. The van der Waals surface area contributed by atoms with Crippen LogP contribution in [-0.4, -0.2) is 96.7 Å². The summed E-state index contributed by atoms with van der Waals surface area (Å²) in [5.74, 6) is -1.41. The maximum absolute atomic E-state index is 13.1. The molecule has 19 heteroatoms. The monoisotopic (exact) mass is 1450 g/mol. The maximum Gasteiger partial charge on any atom is 0.472 e. The molecule has 0 aromatic carbocycles. The topological polar surface area (TPSA) is 237 Å². The second-order valence-corrected chi connectivity index (χ2v) is 31.5. The maximum atomic E-state index is 13.1. The van der Waals surface area contributed by atoms with Gasteiger partial charge in [-0.25, -0.2) is 9.13 Å². The van der Waals surface area contributed by atoms with Gasteiger partial charge < -0.3 is 33.8 Å². The Morgan fingerprint density at radius 3 is 0.828 bits per heavy atom. The van der Waals surface area contributed by atoms with Gasteiger partial charge in [-0.15, -0.1) is 0 Å². The van der Waals surface area contributed by atoms with E-state index in [1.807, 2.05) is 0 Å². The summed E-state index contributed by atoms with van der Waals surface area (Å²) >= 11 is 0. The van der Waals surface area contributed by atoms with Crippen molar-refractivity contribution in [1.82, 2.24) is 0 Å². The van der Waals surface area contributed by atoms with E-state index in [0.717, 1.165) is 115 Å². The van der Waals surface area contributed by atoms with E-state index in [9.17, 15) is 43.2 Å². The van der Waals surface area contributed by atoms with E-state index in [4.69, 9.17) is 37.0 Å². The molecule has 0 heterocycles. The highest BCUT2D eigenvalue weighted by molar-refractivity contribution is 7.47. The van der Waals surface area contributed by atoms with Gasteiger partial charge in [-0.05, 0) is 57.3 Å². The van der Waals surface area contributed by atoms with Gasteiger partial charge in [-0.1, -0.05) is 348 Å². The number of allylic oxidation sites excluding steroid dienone is 4. The lowest BCUT2D eigenvalue weighted by Crippen LogP contribution is -2.30. The van der Waals surface area contributed by atoms with Crippen LogP contribution in [0, 0.1) is 5.92 Å². The fraction of sp³-hybridized carbons (Fsp3) is 0.900. The summed E-state index contributed by atoms with van der Waals surface area (Å²) in [5, 5.41) is 10.6. The Bertz CT molecular complexity index is 1990. The Balaban J connectivity index is 5.25. The molecule has 0 amide bonds. The van der Waals surface area contributed by atoms with Crippen molar-refractivity contribution in [2.45, 2.75) is 419 Å². The first kappa shape index (κ1) is 96.5. The summed E-state index contributed by atoms with van der Waals surface area (Å²) in [6.45, 7) is 7.21. The van der Waals surface area contributed by atoms with Crippen LogP contribution in [0.25, 0.3) is 0 Å². The average Bonchev–Trinajstić information content (AvgIpc) is 1.08. The van der Waals surface area contributed by atoms with Crippen LogP contribution in [0.5, 0.6) is 0 Å². The molecule has 0 rings (SSSR count). The number of rotatable bonds is 78. The van der Waals surface area contributed by atoms with E-state index in [2.05, 4.69) is 58.9 Å². The van der Waals surface area contributed by atoms with Crippen molar-refractivity contribution < 1.29 is 80.2 Å². The lowest BCUT2D eigenvalue weighted by molar-refractivity contribution is -0.161. The zero-order valence-electron chi connectivity index (χ0n) is 64.1. The van der Waals surface area contributed by atoms with Gasteiger partial charge in [0.15, 0.2) is 12.2 Å². The van der Waals surface area contributed by atoms with Gasteiger partial charge in [-0.3, -0.25) is 37.3 Å². The Morgan fingerprint density at radius 1 is 0.313 bits per heavy atom. The summed E-state index contributed by atoms with van der Waals surface area (Å²) in [7, 11) is -9.93. The Morgan fingerprint density at radius 2 is 0.545 bits per heavy atom. The van der Waals surface area contributed by atoms with Crippen molar-refractivity contribution in [2.75, 3.05) is 39.6 Å². The standard InChI is InChI=1S/C80H152O17P2/c1-6-9-12-15-18-21-24-27-29-30-31-32-33-34-36-38-41-44-51-56-61-66-80(85)96-75(69-90-77(82)63-58-53-48-42-40-37-35-28-25-22-19-16-13-10-7-2)71-94-98(86,87)92-67-74(81)68-93-99(88,89)95-72-76(70-91-78(83)64-59-54-49-46-45-47-52-57-62-73(4)5)97-79(84)65-60-55-50-43-39-26-23-20-17-14-11-8-3/h22,25,28,35,73-76,81H,6-21,23-24,26-27,29-34,36-72H2,1-5H3,(H,86,87)(H,88,89)/b25-22-,35-28-/t74-,75-,76-/m1/s1. The number of unbranched alkanes of at least 4 members (excludes halogenated alkanes) is 47. The molecule has 584 valence electrons. The van der Waals surface area contributed by atoms with Crippen LogP contribution < -0.4 is 0 Å². The first-order valence-corrected chi connectivity index (χ1v) is 43.9. The molecule has 3 N–H and O–H groups in total. The van der Waals surface area contributed by atoms with Gasteiger partial charge >= 0.3 is 39.5 Å². The second kappa shape index (κ2) is 72.5. The number of esters is 4. The average molecular weight is 1450 g/mol. The highest BCUT2D eigenvalue weighted by atomic mass is 31.2. The minimum absolute atomic E-state index is 0.102. The third kappa shape index (κ3) is 73.6. The van der Waals surface area contributed by atoms with Crippen molar-refractivity contribution in [3.8, 4) is 0 Å². The summed E-state index contributed by atoms with van der Waals surface area (Å²) in [4.78, 5) is 72.9. The Hall–Kier alpha value is -2.46. The van der Waals surface area contributed by atoms with Gasteiger partial charge in [0.1, 0.15) is 19.3 Å². The fourth-order valence-corrected chi connectivity index (χ4v) is 13.4. The molecule has 0 bridgehead atoms. The summed E-state index contributed by atoms with van der Waals surface area (Å²) < 4.78 is 68.6. The molecule has 0 saturated carbocycles. The molecule has 0 aromatic heterocycles. The molecule has 0 saturated heterocycles. The Labute approximate surface area is 605 Å². The molecule has 2 unspecified atom stereocenters. The van der Waals surface area contributed by atoms with Crippen LogP contribution in [0.2, 0.25) is 0 Å². The van der Waals surface area contributed by atoms with Crippen molar-refractivity contribution in [1.29, 1.82) is 0 Å². The zero-order chi connectivity index (χ0) is 72.7. The number of aliphatic hydroxyl groups is 1. The molecule has 17 nitrogen and oxygen atoms in total. The molecule has 0 spiro atoms. The van der Waals surface area contributed by atoms with Crippen LogP contribution >= 0.6 is 15.6 Å². The number of carbonyl (C=O) groups excluding carboxylic acids is 4. The van der Waals surface area contributed by atoms with Crippen LogP contribution in [0.1, 0.15) is 401 Å². The predicted molar refractivity (Wildman–Crippen MR) is 404 cm³/mol. The normalized spacial score (nSPS) is 14.0. The first-order valence-electron chi connectivity index (χ1n) is 41.0. The molecule has 0 aliphatic heterocycles. The number of ether oxygens (including phenoxy) is 4. The quantitative estimate of drug-likeness (QED) is 0.0169. The number of phosphoric acid groups is 2. The number of phosphoric ester groups is 2. The molecule has 99 heavy (non-hydrogen) atoms. The zero-order valence-corrected chi connectivity index (χ0v) is 65.9. The van der Waals surface area contributed by atoms with Gasteiger partial charge in [-0.2, -0.15) is 0 Å². The predicted octanol–water partition coefficient (Wildman–Crippen LogP) is 23.6. The molecule has 0 aliphatic carbocycles. The third-order valence-electron chi connectivity index (χ3n) is 18.2. The van der Waals surface area contributed by atoms with Crippen molar-refractivity contribution in [2.24, 2.45) is 5.92 Å². The number of hydrogen-bond donors (Lipinski definition) is 3. The first-order chi connectivity index (χ1) is 48.0. The van der Waals surface area contributed by atoms with Crippen LogP contribution in [0.3, 0.4) is 0 Å². The Kier molecular flexibility index (Phi) is 70.7. The van der Waals surface area contributed by atoms with Gasteiger partial charge in [0.25, 0.3) is 0 Å². The van der Waals surface area contributed by atoms with E-state index in [1.165, 1.54) is 205 Å². The van der Waals surface area contributed by atoms with Crippen LogP contribution in [0.4, 0.5) is 0 Å². The molecule has 5 atom stereocenters. The van der Waals surface area contributed by atoms with Gasteiger partial charge in [0.05, 0.1) is 26.4 Å². The van der Waals surface area contributed by atoms with E-state index in [-0.39, 0.29) is 25.7 Å². The minimum Gasteiger partial charge on any atom is -0.462 e. The number of aliphatic hydroxyl groups excluding tert-OH is 1. The highest BCUT2D eigenvalue weighted by Crippen LogP contribution is 2.45. The molecular weight excluding hydrogens is 1290 g/mol. The van der Waals surface area contributed by atoms with Crippen LogP contribution in [-0.2, 0) is 65.4 Å². The molecule has 0 radical (unpaired) electrons. The smallest absolute Gasteiger partial charge is 0.462 e. The molecule has 0 aliphatic rings. The lowest BCUT2D eigenvalue weighted by atomic mass is 10.0. The van der Waals surface area contributed by atoms with Crippen LogP contribution in [0.15, 0.2) is 24.3 Å². The van der Waals surface area contributed by atoms with Crippen molar-refractivity contribution in [3.05, 3.63) is 24.3 Å². The molecular formula is C80H152O17P2. The number of hydrogen-bond acceptors (Lipinski definition) is 15. The third-order valence-corrected chi connectivity index (χ3v) is 20.1. The van der Waals surface area contributed by atoms with E-state index in [0.29, 0.717) is 25.7 Å². The SMILES string of the molecule is CCCCCC/C=C\C=C/CCCCCCCC(=O)OC[C@H](COP(=O)(O)OC[C@@H](O)COP(=O)(O)OC[C@@H](COC(=O)CCCCCCCCCCC(C)C)OC(=O)CCCCCCCCCCCCCC)OC(=O)CCCCCCCCCCCCCCCCCCCCCCC. The second-order valence-electron chi connectivity index (χ2n) is 28.6. The highest BCUT2D eigenvalue weighted by Gasteiger charge is 2.30. The largest absolute Gasteiger partial charge is 0.472 e. The lowest BCUT2D eigenvalue weighted by Gasteiger charge is -2.21. The van der Waals surface area contributed by atoms with E-state index < -0.39 is 97.5 Å². The van der Waals surface area contributed by atoms with Crippen molar-refractivity contribution in [3.63, 3.8) is 0 Å². The van der Waals surface area contributed by atoms with Crippen molar-refractivity contribution >= 4 is 39.5 Å². The summed E-state index contributed by atoms with van der Waals surface area (Å²) in [5.41, 5.74) is 0. The van der Waals surface area contributed by atoms with E-state index in [1.54, 1.807) is 0 Å². The van der Waals surface area contributed by atoms with Gasteiger partial charge in [0, 0.05) is 25.7 Å². The molecule has 0 aromatic rings. The summed E-state index contributed by atoms with van der Waals surface area (Å²) in [6, 6.07) is 0. The fourth-order valence-electron chi connectivity index (χ4n) is 11.9. The summed E-state index contributed by atoms with van der Waals surface area (Å²) in [6.07, 6.45) is 66.1. The van der Waals surface area contributed by atoms with E-state index >= 15 is 0 Å². The number of carbonyl (C=O) groups is 4.